The molecule has 0 aliphatic rings. The van der Waals surface area contributed by atoms with Gasteiger partial charge in [0, 0.05) is 0 Å². The molecule has 1 aromatic rings. The highest BCUT2D eigenvalue weighted by atomic mass is 16.5. The van der Waals surface area contributed by atoms with E-state index in [-0.39, 0.29) is 17.9 Å². The van der Waals surface area contributed by atoms with Gasteiger partial charge in [-0.25, -0.2) is 5.84 Å². The minimum absolute atomic E-state index is 0.171. The maximum absolute atomic E-state index is 9.64. The summed E-state index contributed by atoms with van der Waals surface area (Å²) in [5.74, 6) is 5.75. The molecule has 5 N–H and O–H groups in total. The second-order valence-corrected chi connectivity index (χ2v) is 4.37. The quantitative estimate of drug-likeness (QED) is 0.419. The monoisotopic (exact) mass is 256 g/mol. The van der Waals surface area contributed by atoms with Crippen molar-refractivity contribution in [3.05, 3.63) is 0 Å². The van der Waals surface area contributed by atoms with Gasteiger partial charge in [0.05, 0.1) is 18.2 Å². The average molecular weight is 256 g/mol. The van der Waals surface area contributed by atoms with Gasteiger partial charge in [0.2, 0.25) is 11.9 Å². The summed E-state index contributed by atoms with van der Waals surface area (Å²) >= 11 is 0. The Morgan fingerprint density at radius 2 is 1.94 bits per heavy atom. The zero-order valence-corrected chi connectivity index (χ0v) is 11.1. The molecule has 1 unspecified atom stereocenters. The summed E-state index contributed by atoms with van der Waals surface area (Å²) in [5.41, 5.74) is 1.75. The fourth-order valence-electron chi connectivity index (χ4n) is 1.06. The minimum atomic E-state index is -0.587. The zero-order chi connectivity index (χ0) is 13.8. The fourth-order valence-corrected chi connectivity index (χ4v) is 1.06. The lowest BCUT2D eigenvalue weighted by Gasteiger charge is -2.29. The third-order valence-electron chi connectivity index (χ3n) is 2.50. The van der Waals surface area contributed by atoms with Crippen LogP contribution in [0.1, 0.15) is 27.7 Å². The van der Waals surface area contributed by atoms with E-state index in [0.29, 0.717) is 6.61 Å². The van der Waals surface area contributed by atoms with E-state index in [0.717, 1.165) is 0 Å². The molecule has 0 saturated heterocycles. The number of aromatic nitrogens is 3. The van der Waals surface area contributed by atoms with Gasteiger partial charge in [-0.1, -0.05) is 0 Å². The summed E-state index contributed by atoms with van der Waals surface area (Å²) in [4.78, 5) is 12.1. The topological polar surface area (TPSA) is 118 Å². The number of nitrogens with two attached hydrogens (primary N) is 1. The smallest absolute Gasteiger partial charge is 0.323 e. The van der Waals surface area contributed by atoms with Gasteiger partial charge in [0.1, 0.15) is 0 Å². The summed E-state index contributed by atoms with van der Waals surface area (Å²) in [7, 11) is 0. The Balaban J connectivity index is 2.97. The van der Waals surface area contributed by atoms with Crippen molar-refractivity contribution in [2.45, 2.75) is 39.3 Å². The van der Waals surface area contributed by atoms with Gasteiger partial charge in [0.25, 0.3) is 0 Å². The Morgan fingerprint density at radius 1 is 1.33 bits per heavy atom. The second kappa shape index (κ2) is 5.78. The van der Waals surface area contributed by atoms with Crippen LogP contribution in [-0.2, 0) is 0 Å². The number of hydrazine groups is 1. The molecule has 8 heteroatoms. The van der Waals surface area contributed by atoms with Gasteiger partial charge in [-0.15, -0.1) is 0 Å². The van der Waals surface area contributed by atoms with E-state index < -0.39 is 11.6 Å². The summed E-state index contributed by atoms with van der Waals surface area (Å²) in [5, 5.41) is 12.6. The Kier molecular flexibility index (Phi) is 4.62. The van der Waals surface area contributed by atoms with Gasteiger partial charge in [-0.05, 0) is 27.7 Å². The summed E-state index contributed by atoms with van der Waals surface area (Å²) in [6.07, 6.45) is -0.584. The molecule has 102 valence electrons. The number of rotatable bonds is 6. The first kappa shape index (κ1) is 14.4. The number of aliphatic hydroxyl groups excluding tert-OH is 1. The summed E-state index contributed by atoms with van der Waals surface area (Å²) in [6, 6.07) is 0.171. The predicted octanol–water partition coefficient (Wildman–Crippen LogP) is 0.127. The van der Waals surface area contributed by atoms with Crippen molar-refractivity contribution in [1.29, 1.82) is 0 Å². The Labute approximate surface area is 106 Å². The number of nitrogens with one attached hydrogen (secondary N) is 2. The number of aliphatic hydroxyl groups is 1. The van der Waals surface area contributed by atoms with Crippen LogP contribution in [0.2, 0.25) is 0 Å². The van der Waals surface area contributed by atoms with Crippen LogP contribution >= 0.6 is 0 Å². The highest BCUT2D eigenvalue weighted by Gasteiger charge is 2.25. The lowest BCUT2D eigenvalue weighted by molar-refractivity contribution is 0.132. The summed E-state index contributed by atoms with van der Waals surface area (Å²) in [6.45, 7) is 7.61. The molecule has 8 nitrogen and oxygen atoms in total. The molecule has 1 atom stereocenters. The maximum Gasteiger partial charge on any atom is 0.323 e. The van der Waals surface area contributed by atoms with Crippen molar-refractivity contribution < 1.29 is 9.84 Å². The number of nitrogens with zero attached hydrogens (tertiary/aromatic N) is 3. The minimum Gasteiger partial charge on any atom is -0.464 e. The van der Waals surface area contributed by atoms with Crippen LogP contribution in [0.4, 0.5) is 11.9 Å². The van der Waals surface area contributed by atoms with Crippen LogP contribution in [0.3, 0.4) is 0 Å². The number of ether oxygens (including phenoxy) is 1. The molecule has 0 spiro atoms. The summed E-state index contributed by atoms with van der Waals surface area (Å²) < 4.78 is 5.20. The van der Waals surface area contributed by atoms with E-state index in [9.17, 15) is 5.11 Å². The maximum atomic E-state index is 9.64. The molecule has 0 fully saturated rings. The molecular formula is C10H20N6O2. The van der Waals surface area contributed by atoms with Gasteiger partial charge in [-0.2, -0.15) is 15.0 Å². The van der Waals surface area contributed by atoms with E-state index in [1.54, 1.807) is 6.92 Å². The average Bonchev–Trinajstić information content (AvgIpc) is 2.28. The van der Waals surface area contributed by atoms with Gasteiger partial charge >= 0.3 is 6.01 Å². The largest absolute Gasteiger partial charge is 0.464 e. The van der Waals surface area contributed by atoms with Crippen LogP contribution in [0.5, 0.6) is 6.01 Å². The van der Waals surface area contributed by atoms with Crippen molar-refractivity contribution in [3.63, 3.8) is 0 Å². The molecule has 1 aromatic heterocycles. The van der Waals surface area contributed by atoms with Crippen molar-refractivity contribution >= 4 is 11.9 Å². The van der Waals surface area contributed by atoms with Crippen molar-refractivity contribution in [2.75, 3.05) is 17.3 Å². The lowest BCUT2D eigenvalue weighted by atomic mass is 9.99. The number of hydrogen-bond donors (Lipinski definition) is 4. The SMILES string of the molecule is CCOc1nc(NN)nc(NC(C)(C)C(C)O)n1. The molecule has 0 aliphatic heterocycles. The molecular weight excluding hydrogens is 236 g/mol. The van der Waals surface area contributed by atoms with Gasteiger partial charge < -0.3 is 15.2 Å². The molecule has 1 heterocycles. The van der Waals surface area contributed by atoms with Crippen LogP contribution < -0.4 is 21.3 Å². The molecule has 0 aromatic carbocycles. The first-order valence-electron chi connectivity index (χ1n) is 5.70. The number of anilines is 2. The molecule has 0 aliphatic carbocycles. The van der Waals surface area contributed by atoms with Crippen LogP contribution in [-0.4, -0.2) is 38.3 Å². The highest BCUT2D eigenvalue weighted by Crippen LogP contribution is 2.17. The molecule has 1 rings (SSSR count). The molecule has 0 radical (unpaired) electrons. The third-order valence-corrected chi connectivity index (χ3v) is 2.50. The Morgan fingerprint density at radius 3 is 2.44 bits per heavy atom. The number of nitrogen functional groups attached to an aromatic ring is 1. The second-order valence-electron chi connectivity index (χ2n) is 4.37. The van der Waals surface area contributed by atoms with Crippen LogP contribution in [0.15, 0.2) is 0 Å². The first-order valence-corrected chi connectivity index (χ1v) is 5.70. The highest BCUT2D eigenvalue weighted by molar-refractivity contribution is 5.37. The van der Waals surface area contributed by atoms with Crippen LogP contribution in [0.25, 0.3) is 0 Å². The van der Waals surface area contributed by atoms with E-state index >= 15 is 0 Å². The fraction of sp³-hybridized carbons (Fsp3) is 0.700. The normalized spacial score (nSPS) is 13.0. The third kappa shape index (κ3) is 3.67. The van der Waals surface area contributed by atoms with E-state index in [1.807, 2.05) is 20.8 Å². The standard InChI is InChI=1S/C10H20N6O2/c1-5-18-9-13-7(12-8(14-9)16-11)15-10(3,4)6(2)17/h6,17H,5,11H2,1-4H3,(H2,12,13,14,15,16). The van der Waals surface area contributed by atoms with E-state index in [2.05, 4.69) is 25.7 Å². The molecule has 0 saturated carbocycles. The van der Waals surface area contributed by atoms with E-state index in [1.165, 1.54) is 0 Å². The van der Waals surface area contributed by atoms with E-state index in [4.69, 9.17) is 10.6 Å². The van der Waals surface area contributed by atoms with Crippen LogP contribution in [0, 0.1) is 0 Å². The molecule has 0 amide bonds. The van der Waals surface area contributed by atoms with Crippen molar-refractivity contribution in [3.8, 4) is 6.01 Å². The zero-order valence-electron chi connectivity index (χ0n) is 11.1. The predicted molar refractivity (Wildman–Crippen MR) is 68.2 cm³/mol. The molecule has 0 bridgehead atoms. The van der Waals surface area contributed by atoms with Gasteiger partial charge in [0.15, 0.2) is 0 Å². The Hall–Kier alpha value is -1.67. The Bertz CT molecular complexity index is 396. The van der Waals surface area contributed by atoms with Crippen molar-refractivity contribution in [1.82, 2.24) is 15.0 Å². The van der Waals surface area contributed by atoms with Crippen molar-refractivity contribution in [2.24, 2.45) is 5.84 Å². The van der Waals surface area contributed by atoms with Gasteiger partial charge in [-0.3, -0.25) is 5.43 Å². The lowest BCUT2D eigenvalue weighted by Crippen LogP contribution is -2.42. The molecule has 18 heavy (non-hydrogen) atoms. The number of hydrogen-bond acceptors (Lipinski definition) is 8. The first-order chi connectivity index (χ1) is 8.39.